The first-order valence-corrected chi connectivity index (χ1v) is 6.49. The minimum Gasteiger partial charge on any atom is -0.492 e. The first kappa shape index (κ1) is 10.0. The molecule has 2 aromatic carbocycles. The second-order valence-electron chi connectivity index (χ2n) is 4.54. The van der Waals surface area contributed by atoms with Gasteiger partial charge in [0.15, 0.2) is 0 Å². The largest absolute Gasteiger partial charge is 0.492 e. The van der Waals surface area contributed by atoms with E-state index < -0.39 is 0 Å². The highest BCUT2D eigenvalue weighted by molar-refractivity contribution is 8.07. The zero-order valence-corrected chi connectivity index (χ0v) is 10.1. The fourth-order valence-electron chi connectivity index (χ4n) is 1.70. The Labute approximate surface area is 99.8 Å². The summed E-state index contributed by atoms with van der Waals surface area (Å²) < 4.78 is 6.19. The predicted octanol–water partition coefficient (Wildman–Crippen LogP) is 3.72. The fourth-order valence-corrected chi connectivity index (χ4v) is 2.17. The highest BCUT2D eigenvalue weighted by Crippen LogP contribution is 2.44. The van der Waals surface area contributed by atoms with E-state index in [1.165, 1.54) is 16.5 Å². The van der Waals surface area contributed by atoms with Crippen molar-refractivity contribution in [2.45, 2.75) is 11.7 Å². The molecule has 1 atom stereocenters. The number of ether oxygens (including phenoxy) is 1. The van der Waals surface area contributed by atoms with Gasteiger partial charge in [-0.1, -0.05) is 30.3 Å². The molecule has 1 saturated heterocycles. The molecule has 1 heterocycles. The second kappa shape index (κ2) is 3.70. The molecule has 0 bridgehead atoms. The van der Waals surface area contributed by atoms with E-state index in [0.717, 1.165) is 12.4 Å². The van der Waals surface area contributed by atoms with Gasteiger partial charge in [-0.3, -0.25) is 0 Å². The Morgan fingerprint density at radius 3 is 2.69 bits per heavy atom. The zero-order chi connectivity index (χ0) is 11.0. The standard InChI is InChI=1S/C14H14OS/c1-14(10-16-14)9-15-13-7-6-11-4-2-3-5-12(11)8-13/h2-8H,9-10H2,1H3. The third-order valence-electron chi connectivity index (χ3n) is 2.90. The summed E-state index contributed by atoms with van der Waals surface area (Å²) in [7, 11) is 0. The normalized spacial score (nSPS) is 23.3. The third-order valence-corrected chi connectivity index (χ3v) is 4.29. The minimum atomic E-state index is 0.367. The molecule has 0 N–H and O–H groups in total. The average Bonchev–Trinajstić information content (AvgIpc) is 3.05. The molecule has 2 heteroatoms. The Kier molecular flexibility index (Phi) is 2.32. The van der Waals surface area contributed by atoms with Gasteiger partial charge < -0.3 is 4.74 Å². The zero-order valence-electron chi connectivity index (χ0n) is 9.27. The lowest BCUT2D eigenvalue weighted by Gasteiger charge is -2.10. The lowest BCUT2D eigenvalue weighted by atomic mass is 10.1. The summed E-state index contributed by atoms with van der Waals surface area (Å²) in [5.74, 6) is 2.20. The number of hydrogen-bond acceptors (Lipinski definition) is 2. The van der Waals surface area contributed by atoms with Crippen LogP contribution in [0.1, 0.15) is 6.92 Å². The Morgan fingerprint density at radius 1 is 1.19 bits per heavy atom. The summed E-state index contributed by atoms with van der Waals surface area (Å²) in [5.41, 5.74) is 0. The summed E-state index contributed by atoms with van der Waals surface area (Å²) in [4.78, 5) is 0. The van der Waals surface area contributed by atoms with E-state index in [2.05, 4.69) is 49.4 Å². The lowest BCUT2D eigenvalue weighted by molar-refractivity contribution is 0.301. The van der Waals surface area contributed by atoms with Crippen LogP contribution < -0.4 is 4.74 Å². The van der Waals surface area contributed by atoms with E-state index in [0.29, 0.717) is 4.75 Å². The van der Waals surface area contributed by atoms with Gasteiger partial charge in [-0.05, 0) is 29.8 Å². The van der Waals surface area contributed by atoms with Crippen LogP contribution in [0.4, 0.5) is 0 Å². The fraction of sp³-hybridized carbons (Fsp3) is 0.286. The molecule has 0 radical (unpaired) electrons. The van der Waals surface area contributed by atoms with Crippen molar-refractivity contribution in [1.29, 1.82) is 0 Å². The van der Waals surface area contributed by atoms with Crippen LogP contribution in [0, 0.1) is 0 Å². The van der Waals surface area contributed by atoms with E-state index in [4.69, 9.17) is 4.74 Å². The minimum absolute atomic E-state index is 0.367. The van der Waals surface area contributed by atoms with Crippen LogP contribution in [0.5, 0.6) is 5.75 Å². The van der Waals surface area contributed by atoms with Gasteiger partial charge in [-0.15, -0.1) is 11.8 Å². The smallest absolute Gasteiger partial charge is 0.120 e. The summed E-state index contributed by atoms with van der Waals surface area (Å²) in [5, 5.41) is 2.51. The van der Waals surface area contributed by atoms with Crippen molar-refractivity contribution in [2.75, 3.05) is 12.4 Å². The molecule has 1 fully saturated rings. The maximum Gasteiger partial charge on any atom is 0.120 e. The maximum atomic E-state index is 5.82. The van der Waals surface area contributed by atoms with Gasteiger partial charge in [0.05, 0.1) is 4.75 Å². The highest BCUT2D eigenvalue weighted by atomic mass is 32.2. The Balaban J connectivity index is 1.81. The summed E-state index contributed by atoms with van der Waals surface area (Å²) in [6.07, 6.45) is 0. The topological polar surface area (TPSA) is 9.23 Å². The van der Waals surface area contributed by atoms with Crippen molar-refractivity contribution >= 4 is 22.5 Å². The molecule has 2 aromatic rings. The van der Waals surface area contributed by atoms with Crippen molar-refractivity contribution in [3.63, 3.8) is 0 Å². The van der Waals surface area contributed by atoms with Gasteiger partial charge >= 0.3 is 0 Å². The van der Waals surface area contributed by atoms with Crippen molar-refractivity contribution < 1.29 is 4.74 Å². The quantitative estimate of drug-likeness (QED) is 0.743. The molecule has 0 spiro atoms. The first-order chi connectivity index (χ1) is 7.75. The molecule has 82 valence electrons. The van der Waals surface area contributed by atoms with Crippen LogP contribution in [0.3, 0.4) is 0 Å². The molecule has 0 saturated carbocycles. The van der Waals surface area contributed by atoms with Gasteiger partial charge in [-0.2, -0.15) is 0 Å². The van der Waals surface area contributed by atoms with Crippen molar-refractivity contribution in [3.05, 3.63) is 42.5 Å². The molecule has 0 aromatic heterocycles. The SMILES string of the molecule is CC1(COc2ccc3ccccc3c2)CS1. The molecular formula is C14H14OS. The van der Waals surface area contributed by atoms with Crippen molar-refractivity contribution in [3.8, 4) is 5.75 Å². The Morgan fingerprint density at radius 2 is 1.94 bits per heavy atom. The van der Waals surface area contributed by atoms with Crippen LogP contribution in [-0.4, -0.2) is 17.1 Å². The number of benzene rings is 2. The molecule has 1 aliphatic rings. The van der Waals surface area contributed by atoms with Crippen molar-refractivity contribution in [1.82, 2.24) is 0 Å². The molecule has 0 aliphatic carbocycles. The molecule has 1 unspecified atom stereocenters. The van der Waals surface area contributed by atoms with Gasteiger partial charge in [-0.25, -0.2) is 0 Å². The molecule has 1 aliphatic heterocycles. The number of thioether (sulfide) groups is 1. The van der Waals surface area contributed by atoms with Gasteiger partial charge in [0.25, 0.3) is 0 Å². The van der Waals surface area contributed by atoms with Crippen molar-refractivity contribution in [2.24, 2.45) is 0 Å². The first-order valence-electron chi connectivity index (χ1n) is 5.51. The van der Waals surface area contributed by atoms with E-state index in [1.807, 2.05) is 11.8 Å². The monoisotopic (exact) mass is 230 g/mol. The number of rotatable bonds is 3. The second-order valence-corrected chi connectivity index (χ2v) is 6.10. The Hall–Kier alpha value is -1.15. The predicted molar refractivity (Wildman–Crippen MR) is 70.3 cm³/mol. The van der Waals surface area contributed by atoms with Crippen LogP contribution in [0.25, 0.3) is 10.8 Å². The van der Waals surface area contributed by atoms with E-state index in [1.54, 1.807) is 0 Å². The van der Waals surface area contributed by atoms with E-state index >= 15 is 0 Å². The average molecular weight is 230 g/mol. The third kappa shape index (κ3) is 2.03. The van der Waals surface area contributed by atoms with Crippen LogP contribution in [-0.2, 0) is 0 Å². The van der Waals surface area contributed by atoms with Crippen LogP contribution in [0.15, 0.2) is 42.5 Å². The summed E-state index contributed by atoms with van der Waals surface area (Å²) in [6, 6.07) is 14.7. The molecule has 1 nitrogen and oxygen atoms in total. The molecule has 16 heavy (non-hydrogen) atoms. The summed E-state index contributed by atoms with van der Waals surface area (Å²) in [6.45, 7) is 3.06. The van der Waals surface area contributed by atoms with Crippen LogP contribution >= 0.6 is 11.8 Å². The molecule has 0 amide bonds. The maximum absolute atomic E-state index is 5.82. The van der Waals surface area contributed by atoms with Gasteiger partial charge in [0, 0.05) is 5.75 Å². The van der Waals surface area contributed by atoms with E-state index in [9.17, 15) is 0 Å². The van der Waals surface area contributed by atoms with Gasteiger partial charge in [0.1, 0.15) is 12.4 Å². The highest BCUT2D eigenvalue weighted by Gasteiger charge is 2.39. The van der Waals surface area contributed by atoms with E-state index in [-0.39, 0.29) is 0 Å². The van der Waals surface area contributed by atoms with Gasteiger partial charge in [0.2, 0.25) is 0 Å². The number of hydrogen-bond donors (Lipinski definition) is 0. The van der Waals surface area contributed by atoms with Crippen LogP contribution in [0.2, 0.25) is 0 Å². The number of fused-ring (bicyclic) bond motifs is 1. The summed E-state index contributed by atoms with van der Waals surface area (Å²) >= 11 is 1.97. The molecular weight excluding hydrogens is 216 g/mol. The molecule has 3 rings (SSSR count). The lowest BCUT2D eigenvalue weighted by Crippen LogP contribution is -2.15. The Bertz CT molecular complexity index is 517.